The molecule has 1 aliphatic rings. The van der Waals surface area contributed by atoms with Gasteiger partial charge in [-0.05, 0) is 49.9 Å². The van der Waals surface area contributed by atoms with Crippen LogP contribution in [0.1, 0.15) is 111 Å². The number of rotatable bonds is 36. The molecule has 0 radical (unpaired) electrons. The number of aliphatic imine (C=N–C) groups is 2. The quantitative estimate of drug-likeness (QED) is 0.0121. The third kappa shape index (κ3) is 27.0. The van der Waals surface area contributed by atoms with E-state index < -0.39 is 145 Å². The van der Waals surface area contributed by atoms with Gasteiger partial charge in [0.2, 0.25) is 59.1 Å². The molecule has 0 unspecified atom stereocenters. The third-order valence-corrected chi connectivity index (χ3v) is 12.9. The van der Waals surface area contributed by atoms with Crippen LogP contribution >= 0.6 is 12.6 Å². The van der Waals surface area contributed by atoms with Crippen LogP contribution in [0, 0.1) is 17.8 Å². The summed E-state index contributed by atoms with van der Waals surface area (Å²) in [6, 6.07) is -9.26. The fourth-order valence-electron chi connectivity index (χ4n) is 7.78. The lowest BCUT2D eigenvalue weighted by Gasteiger charge is -2.29. The molecule has 1 rings (SSSR count). The summed E-state index contributed by atoms with van der Waals surface area (Å²) in [5.41, 5.74) is 32.8. The molecule has 10 amide bonds. The number of hydrogen-bond acceptors (Lipinski definition) is 15. The smallest absolute Gasteiger partial charge is 0.305 e. The predicted molar refractivity (Wildman–Crippen MR) is 284 cm³/mol. The number of carbonyl (C=O) groups excluding carboxylic acids is 10. The fraction of sp³-hybridized carbons (Fsp3) is 0.717. The molecule has 22 N–H and O–H groups in total. The minimum atomic E-state index is -1.84. The van der Waals surface area contributed by atoms with Crippen molar-refractivity contribution in [1.29, 1.82) is 0 Å². The Balaban J connectivity index is 3.31. The fourth-order valence-corrected chi connectivity index (χ4v) is 7.95. The number of guanidine groups is 2. The van der Waals surface area contributed by atoms with Crippen LogP contribution in [0.5, 0.6) is 0 Å². The summed E-state index contributed by atoms with van der Waals surface area (Å²) in [5, 5.41) is 32.1. The first-order valence-corrected chi connectivity index (χ1v) is 26.1. The molecule has 29 nitrogen and oxygen atoms in total. The van der Waals surface area contributed by atoms with E-state index in [9.17, 15) is 57.8 Å². The monoisotopic (exact) mass is 1100 g/mol. The van der Waals surface area contributed by atoms with E-state index in [1.807, 2.05) is 0 Å². The Morgan fingerprint density at radius 3 is 1.50 bits per heavy atom. The third-order valence-electron chi connectivity index (χ3n) is 12.5. The van der Waals surface area contributed by atoms with Crippen LogP contribution < -0.4 is 82.3 Å². The molecule has 76 heavy (non-hydrogen) atoms. The number of aliphatic carboxylic acids is 1. The molecular weight excluding hydrogens is 1010 g/mol. The van der Waals surface area contributed by atoms with Gasteiger partial charge in [-0.25, -0.2) is 0 Å². The lowest BCUT2D eigenvalue weighted by atomic mass is 9.84. The number of carbonyl (C=O) groups is 11. The molecule has 0 spiro atoms. The van der Waals surface area contributed by atoms with Gasteiger partial charge >= 0.3 is 5.97 Å². The van der Waals surface area contributed by atoms with Gasteiger partial charge in [0, 0.05) is 18.8 Å². The van der Waals surface area contributed by atoms with E-state index in [0.29, 0.717) is 12.8 Å². The number of amides is 10. The highest BCUT2D eigenvalue weighted by molar-refractivity contribution is 7.80. The van der Waals surface area contributed by atoms with Crippen molar-refractivity contribution in [1.82, 2.24) is 47.9 Å². The first-order chi connectivity index (χ1) is 35.8. The van der Waals surface area contributed by atoms with Crippen molar-refractivity contribution >= 4 is 89.6 Å². The number of carboxylic acids is 1. The van der Waals surface area contributed by atoms with E-state index in [2.05, 4.69) is 70.5 Å². The van der Waals surface area contributed by atoms with Gasteiger partial charge in [-0.15, -0.1) is 0 Å². The van der Waals surface area contributed by atoms with Crippen LogP contribution in [-0.4, -0.2) is 163 Å². The molecule has 30 heteroatoms. The van der Waals surface area contributed by atoms with E-state index in [4.69, 9.17) is 34.4 Å². The highest BCUT2D eigenvalue weighted by atomic mass is 32.1. The van der Waals surface area contributed by atoms with Crippen molar-refractivity contribution in [3.8, 4) is 0 Å². The number of carboxylic acid groups (broad SMARTS) is 1. The van der Waals surface area contributed by atoms with Gasteiger partial charge in [0.1, 0.15) is 36.3 Å². The van der Waals surface area contributed by atoms with E-state index in [1.165, 1.54) is 0 Å². The number of hydrogen-bond donors (Lipinski definition) is 17. The van der Waals surface area contributed by atoms with Crippen LogP contribution in [0.3, 0.4) is 0 Å². The van der Waals surface area contributed by atoms with Crippen LogP contribution in [0.2, 0.25) is 0 Å². The Hall–Kier alpha value is -6.98. The molecular formula is C46H83N17O12S. The van der Waals surface area contributed by atoms with Crippen molar-refractivity contribution < 1.29 is 57.8 Å². The van der Waals surface area contributed by atoms with Gasteiger partial charge in [-0.1, -0.05) is 72.6 Å². The van der Waals surface area contributed by atoms with Gasteiger partial charge < -0.3 is 87.4 Å². The SMILES string of the molecule is CC[C@H](C)[C@H](NC(=O)[C@H](CCCN=C(N)N)NC(=O)[C@H](CC(=O)O)NC(=O)[C@@H](NC(=O)[C@H](CCCN=C(N)N)NC(=O)CNC(=O)CNC(=O)[C@H](CC1CCCCC1)NC(=O)[C@H](N)CS)[C@@H](C)CC)C(=O)NCC(N)=O. The lowest BCUT2D eigenvalue weighted by Crippen LogP contribution is -2.61. The summed E-state index contributed by atoms with van der Waals surface area (Å²) in [6.45, 7) is 4.95. The Morgan fingerprint density at radius 2 is 1.01 bits per heavy atom. The van der Waals surface area contributed by atoms with Crippen LogP contribution in [0.4, 0.5) is 0 Å². The van der Waals surface area contributed by atoms with Crippen LogP contribution in [0.15, 0.2) is 9.98 Å². The van der Waals surface area contributed by atoms with Crippen molar-refractivity contribution in [2.75, 3.05) is 38.5 Å². The first kappa shape index (κ1) is 67.0. The van der Waals surface area contributed by atoms with Crippen LogP contribution in [-0.2, 0) is 52.7 Å². The van der Waals surface area contributed by atoms with Gasteiger partial charge in [0.05, 0.1) is 32.1 Å². The topological polar surface area (TPSA) is 497 Å². The summed E-state index contributed by atoms with van der Waals surface area (Å²) < 4.78 is 0. The van der Waals surface area contributed by atoms with Gasteiger partial charge in [-0.3, -0.25) is 62.7 Å². The Labute approximate surface area is 448 Å². The second-order valence-electron chi connectivity index (χ2n) is 18.8. The zero-order valence-electron chi connectivity index (χ0n) is 44.0. The average Bonchev–Trinajstić information content (AvgIpc) is 3.37. The maximum atomic E-state index is 14.1. The summed E-state index contributed by atoms with van der Waals surface area (Å²) in [7, 11) is 0. The van der Waals surface area contributed by atoms with Crippen molar-refractivity contribution in [3.05, 3.63) is 0 Å². The van der Waals surface area contributed by atoms with E-state index in [-0.39, 0.29) is 68.8 Å². The van der Waals surface area contributed by atoms with Gasteiger partial charge in [0.15, 0.2) is 11.9 Å². The number of nitrogens with two attached hydrogens (primary N) is 6. The molecule has 0 bridgehead atoms. The lowest BCUT2D eigenvalue weighted by molar-refractivity contribution is -0.142. The second kappa shape index (κ2) is 36.1. The number of nitrogens with zero attached hydrogens (tertiary/aromatic N) is 2. The number of thiol groups is 1. The molecule has 0 aromatic rings. The maximum Gasteiger partial charge on any atom is 0.305 e. The van der Waals surface area contributed by atoms with E-state index >= 15 is 0 Å². The van der Waals surface area contributed by atoms with Crippen LogP contribution in [0.25, 0.3) is 0 Å². The number of primary amides is 1. The zero-order chi connectivity index (χ0) is 57.5. The normalized spacial score (nSPS) is 15.8. The highest BCUT2D eigenvalue weighted by Crippen LogP contribution is 2.27. The predicted octanol–water partition coefficient (Wildman–Crippen LogP) is -5.37. The summed E-state index contributed by atoms with van der Waals surface area (Å²) >= 11 is 4.05. The van der Waals surface area contributed by atoms with Crippen molar-refractivity contribution in [2.24, 2.45) is 62.1 Å². The Kier molecular flexibility index (Phi) is 31.8. The van der Waals surface area contributed by atoms with E-state index in [1.54, 1.807) is 27.7 Å². The van der Waals surface area contributed by atoms with Crippen molar-refractivity contribution in [2.45, 2.75) is 153 Å². The maximum absolute atomic E-state index is 14.1. The summed E-state index contributed by atoms with van der Waals surface area (Å²) in [5.74, 6) is -11.3. The minimum absolute atomic E-state index is 0.00317. The number of nitrogens with one attached hydrogen (secondary N) is 9. The average molecular weight is 1100 g/mol. The second-order valence-corrected chi connectivity index (χ2v) is 19.1. The van der Waals surface area contributed by atoms with Crippen molar-refractivity contribution in [3.63, 3.8) is 0 Å². The largest absolute Gasteiger partial charge is 0.481 e. The summed E-state index contributed by atoms with van der Waals surface area (Å²) in [4.78, 5) is 152. The highest BCUT2D eigenvalue weighted by Gasteiger charge is 2.36. The first-order valence-electron chi connectivity index (χ1n) is 25.4. The minimum Gasteiger partial charge on any atom is -0.481 e. The Bertz CT molecular complexity index is 2030. The molecule has 0 heterocycles. The molecule has 430 valence electrons. The van der Waals surface area contributed by atoms with Gasteiger partial charge in [-0.2, -0.15) is 12.6 Å². The molecule has 9 atom stereocenters. The molecule has 0 saturated heterocycles. The standard InChI is InChI=1S/C46H83N17O12S/c1-5-24(3)36(43(74)56-20-32(48)64)62-41(72)29(15-11-17-54-46(51)52)59-42(73)31(19-35(67)68)61-44(75)37(25(4)6-2)63-40(71)28(14-10-16-53-45(49)50)58-34(66)22-55-33(65)21-57-39(70)30(60-38(69)27(47)23-76)18-26-12-8-7-9-13-26/h24-31,36-37,76H,5-23,47H2,1-4H3,(H2,48,64)(H,55,65)(H,56,74)(H,57,70)(H,58,66)(H,59,73)(H,60,69)(H,61,75)(H,62,72)(H,63,71)(H,67,68)(H4,49,50,53)(H4,51,52,54)/t24-,25-,27+,28-,29-,30-,31-,36-,37-/m0/s1. The molecule has 0 aromatic carbocycles. The molecule has 0 aliphatic heterocycles. The van der Waals surface area contributed by atoms with Gasteiger partial charge in [0.25, 0.3) is 0 Å². The zero-order valence-corrected chi connectivity index (χ0v) is 44.8. The molecule has 0 aromatic heterocycles. The molecule has 1 aliphatic carbocycles. The molecule has 1 saturated carbocycles. The van der Waals surface area contributed by atoms with E-state index in [0.717, 1.165) is 32.1 Å². The molecule has 1 fully saturated rings. The Morgan fingerprint density at radius 1 is 0.553 bits per heavy atom. The summed E-state index contributed by atoms with van der Waals surface area (Å²) in [6.07, 6.45) is 4.78.